The Labute approximate surface area is 183 Å². The predicted molar refractivity (Wildman–Crippen MR) is 122 cm³/mol. The zero-order valence-electron chi connectivity index (χ0n) is 18.3. The van der Waals surface area contributed by atoms with Crippen LogP contribution in [-0.2, 0) is 0 Å². The van der Waals surface area contributed by atoms with E-state index in [2.05, 4.69) is 52.6 Å². The molecular formula is C25H27N5O. The number of nitriles is 1. The Balaban J connectivity index is 1.61. The Morgan fingerprint density at radius 1 is 1.00 bits per heavy atom. The normalized spacial score (nSPS) is 14.3. The minimum Gasteiger partial charge on any atom is -0.354 e. The molecule has 31 heavy (non-hydrogen) atoms. The van der Waals surface area contributed by atoms with E-state index in [0.29, 0.717) is 31.0 Å². The van der Waals surface area contributed by atoms with Crippen molar-refractivity contribution in [2.24, 2.45) is 0 Å². The molecule has 2 aromatic heterocycles. The molecule has 1 aliphatic heterocycles. The molecule has 0 bridgehead atoms. The van der Waals surface area contributed by atoms with Crippen molar-refractivity contribution in [3.63, 3.8) is 0 Å². The minimum atomic E-state index is 0.0505. The highest BCUT2D eigenvalue weighted by atomic mass is 16.2. The standard InChI is InChI=1S/C25H27N5O/c1-18-7-10-23(30-19(2)8-9-20(30)3)22(16-18)25(31)29-13-5-12-28(14-15-29)24-21(17-26)6-4-11-27-24/h4,6-11,16H,5,12-15H2,1-3H3. The van der Waals surface area contributed by atoms with Gasteiger partial charge in [-0.3, -0.25) is 4.79 Å². The summed E-state index contributed by atoms with van der Waals surface area (Å²) >= 11 is 0. The highest BCUT2D eigenvalue weighted by Crippen LogP contribution is 2.24. The summed E-state index contributed by atoms with van der Waals surface area (Å²) in [6, 6.07) is 16.0. The highest BCUT2D eigenvalue weighted by Gasteiger charge is 2.25. The van der Waals surface area contributed by atoms with E-state index >= 15 is 0 Å². The van der Waals surface area contributed by atoms with E-state index in [-0.39, 0.29) is 5.91 Å². The largest absolute Gasteiger partial charge is 0.354 e. The van der Waals surface area contributed by atoms with Gasteiger partial charge in [0.15, 0.2) is 0 Å². The minimum absolute atomic E-state index is 0.0505. The van der Waals surface area contributed by atoms with Crippen LogP contribution in [0, 0.1) is 32.1 Å². The molecule has 0 N–H and O–H groups in total. The molecule has 0 spiro atoms. The van der Waals surface area contributed by atoms with Crippen molar-refractivity contribution in [1.82, 2.24) is 14.5 Å². The molecule has 6 heteroatoms. The van der Waals surface area contributed by atoms with E-state index in [1.807, 2.05) is 24.0 Å². The Hall–Kier alpha value is -3.59. The average Bonchev–Trinajstić information content (AvgIpc) is 2.97. The van der Waals surface area contributed by atoms with Crippen molar-refractivity contribution >= 4 is 11.7 Å². The average molecular weight is 414 g/mol. The lowest BCUT2D eigenvalue weighted by Gasteiger charge is -2.24. The summed E-state index contributed by atoms with van der Waals surface area (Å²) in [5, 5.41) is 9.42. The SMILES string of the molecule is Cc1ccc(-n2c(C)ccc2C)c(C(=O)N2CCCN(c3ncccc3C#N)CC2)c1. The van der Waals surface area contributed by atoms with Crippen molar-refractivity contribution in [2.75, 3.05) is 31.1 Å². The maximum atomic E-state index is 13.6. The van der Waals surface area contributed by atoms with Gasteiger partial charge in [0.2, 0.25) is 0 Å². The lowest BCUT2D eigenvalue weighted by molar-refractivity contribution is 0.0767. The number of nitrogens with zero attached hydrogens (tertiary/aromatic N) is 5. The number of hydrogen-bond acceptors (Lipinski definition) is 4. The number of carbonyl (C=O) groups is 1. The number of anilines is 1. The second-order valence-corrected chi connectivity index (χ2v) is 8.09. The maximum Gasteiger partial charge on any atom is 0.256 e. The molecule has 6 nitrogen and oxygen atoms in total. The van der Waals surface area contributed by atoms with Gasteiger partial charge in [-0.15, -0.1) is 0 Å². The zero-order chi connectivity index (χ0) is 22.0. The second kappa shape index (κ2) is 8.65. The lowest BCUT2D eigenvalue weighted by atomic mass is 10.1. The first kappa shape index (κ1) is 20.7. The lowest BCUT2D eigenvalue weighted by Crippen LogP contribution is -2.36. The second-order valence-electron chi connectivity index (χ2n) is 8.09. The van der Waals surface area contributed by atoms with Gasteiger partial charge < -0.3 is 14.4 Å². The quantitative estimate of drug-likeness (QED) is 0.650. The number of hydrogen-bond donors (Lipinski definition) is 0. The van der Waals surface area contributed by atoms with E-state index in [9.17, 15) is 10.1 Å². The van der Waals surface area contributed by atoms with Crippen LogP contribution in [0.3, 0.4) is 0 Å². The Morgan fingerprint density at radius 2 is 1.77 bits per heavy atom. The molecular weight excluding hydrogens is 386 g/mol. The van der Waals surface area contributed by atoms with E-state index in [0.717, 1.165) is 41.2 Å². The monoisotopic (exact) mass is 413 g/mol. The highest BCUT2D eigenvalue weighted by molar-refractivity contribution is 5.98. The molecule has 1 amide bonds. The number of benzene rings is 1. The number of rotatable bonds is 3. The number of aromatic nitrogens is 2. The van der Waals surface area contributed by atoms with Gasteiger partial charge in [-0.05, 0) is 63.6 Å². The molecule has 1 fully saturated rings. The van der Waals surface area contributed by atoms with Crippen LogP contribution in [0.2, 0.25) is 0 Å². The first-order chi connectivity index (χ1) is 15.0. The Kier molecular flexibility index (Phi) is 5.77. The van der Waals surface area contributed by atoms with Gasteiger partial charge in [0.1, 0.15) is 11.9 Å². The molecule has 0 unspecified atom stereocenters. The van der Waals surface area contributed by atoms with E-state index in [1.165, 1.54) is 0 Å². The molecule has 4 rings (SSSR count). The van der Waals surface area contributed by atoms with Crippen LogP contribution < -0.4 is 4.90 Å². The van der Waals surface area contributed by atoms with Crippen molar-refractivity contribution in [1.29, 1.82) is 5.26 Å². The molecule has 3 aromatic rings. The molecule has 1 aromatic carbocycles. The fraction of sp³-hybridized carbons (Fsp3) is 0.320. The van der Waals surface area contributed by atoms with Crippen LogP contribution in [0.15, 0.2) is 48.7 Å². The molecule has 158 valence electrons. The van der Waals surface area contributed by atoms with Gasteiger partial charge in [-0.2, -0.15) is 5.26 Å². The van der Waals surface area contributed by atoms with Gasteiger partial charge >= 0.3 is 0 Å². The summed E-state index contributed by atoms with van der Waals surface area (Å²) in [4.78, 5) is 22.1. The van der Waals surface area contributed by atoms with Crippen LogP contribution in [0.4, 0.5) is 5.82 Å². The third-order valence-corrected chi connectivity index (χ3v) is 5.88. The van der Waals surface area contributed by atoms with Crippen LogP contribution in [0.1, 0.15) is 39.3 Å². The van der Waals surface area contributed by atoms with Gasteiger partial charge in [-0.1, -0.05) is 11.6 Å². The van der Waals surface area contributed by atoms with Crippen molar-refractivity contribution in [3.8, 4) is 11.8 Å². The number of carbonyl (C=O) groups excluding carboxylic acids is 1. The Bertz CT molecular complexity index is 1140. The maximum absolute atomic E-state index is 13.6. The molecule has 0 atom stereocenters. The van der Waals surface area contributed by atoms with E-state index in [1.54, 1.807) is 18.3 Å². The van der Waals surface area contributed by atoms with Crippen LogP contribution in [0.5, 0.6) is 0 Å². The third kappa shape index (κ3) is 4.04. The Morgan fingerprint density at radius 3 is 2.52 bits per heavy atom. The van der Waals surface area contributed by atoms with Gasteiger partial charge in [0, 0.05) is 43.8 Å². The van der Waals surface area contributed by atoms with Gasteiger partial charge in [0.05, 0.1) is 16.8 Å². The van der Waals surface area contributed by atoms with Crippen molar-refractivity contribution in [3.05, 3.63) is 76.7 Å². The summed E-state index contributed by atoms with van der Waals surface area (Å²) in [7, 11) is 0. The molecule has 0 aliphatic carbocycles. The van der Waals surface area contributed by atoms with Crippen LogP contribution in [-0.4, -0.2) is 46.5 Å². The first-order valence-electron chi connectivity index (χ1n) is 10.6. The van der Waals surface area contributed by atoms with E-state index < -0.39 is 0 Å². The summed E-state index contributed by atoms with van der Waals surface area (Å²) in [6.45, 7) is 8.84. The topological polar surface area (TPSA) is 65.2 Å². The molecule has 0 saturated carbocycles. The smallest absolute Gasteiger partial charge is 0.256 e. The fourth-order valence-electron chi connectivity index (χ4n) is 4.30. The number of pyridine rings is 1. The van der Waals surface area contributed by atoms with Crippen molar-refractivity contribution < 1.29 is 4.79 Å². The molecule has 1 saturated heterocycles. The predicted octanol–water partition coefficient (Wildman–Crippen LogP) is 4.02. The van der Waals surface area contributed by atoms with Crippen LogP contribution in [0.25, 0.3) is 5.69 Å². The summed E-state index contributed by atoms with van der Waals surface area (Å²) in [5.41, 5.74) is 5.51. The summed E-state index contributed by atoms with van der Waals surface area (Å²) in [5.74, 6) is 0.753. The third-order valence-electron chi connectivity index (χ3n) is 5.88. The van der Waals surface area contributed by atoms with Gasteiger partial charge in [-0.25, -0.2) is 4.98 Å². The number of amides is 1. The number of aryl methyl sites for hydroxylation is 3. The molecule has 3 heterocycles. The van der Waals surface area contributed by atoms with E-state index in [4.69, 9.17) is 0 Å². The molecule has 0 radical (unpaired) electrons. The first-order valence-corrected chi connectivity index (χ1v) is 10.6. The van der Waals surface area contributed by atoms with Crippen molar-refractivity contribution in [2.45, 2.75) is 27.2 Å². The summed E-state index contributed by atoms with van der Waals surface area (Å²) in [6.07, 6.45) is 2.54. The summed E-state index contributed by atoms with van der Waals surface area (Å²) < 4.78 is 2.14. The zero-order valence-corrected chi connectivity index (χ0v) is 18.3. The molecule has 1 aliphatic rings. The van der Waals surface area contributed by atoms with Gasteiger partial charge in [0.25, 0.3) is 5.91 Å². The fourth-order valence-corrected chi connectivity index (χ4v) is 4.30. The van der Waals surface area contributed by atoms with Crippen LogP contribution >= 0.6 is 0 Å².